The molecule has 3 aromatic carbocycles. The second-order valence-corrected chi connectivity index (χ2v) is 9.81. The number of thiocarbonyl (C=S) groups is 1. The van der Waals surface area contributed by atoms with Crippen molar-refractivity contribution in [3.63, 3.8) is 0 Å². The molecule has 0 unspecified atom stereocenters. The smallest absolute Gasteiger partial charge is 0.271 e. The molecular weight excluding hydrogens is 526 g/mol. The van der Waals surface area contributed by atoms with Crippen molar-refractivity contribution in [3.05, 3.63) is 92.9 Å². The van der Waals surface area contributed by atoms with Crippen molar-refractivity contribution in [1.82, 2.24) is 0 Å². The van der Waals surface area contributed by atoms with E-state index in [-0.39, 0.29) is 28.4 Å². The SMILES string of the molecule is CCOc1cc(/C=C2/SC(=S)N(c3cccc([N+](=O)[O-])c3)C2=O)ccc1OCC(=O)Nc1ccc(C)cc1. The number of ether oxygens (including phenoxy) is 2. The number of thioether (sulfide) groups is 1. The molecule has 0 bridgehead atoms. The molecule has 9 nitrogen and oxygen atoms in total. The first-order chi connectivity index (χ1) is 18.2. The summed E-state index contributed by atoms with van der Waals surface area (Å²) in [6.07, 6.45) is 1.66. The Balaban J connectivity index is 1.48. The number of non-ortho nitro benzene ring substituents is 1. The summed E-state index contributed by atoms with van der Waals surface area (Å²) in [5, 5.41) is 13.9. The number of aryl methyl sites for hydroxylation is 1. The average Bonchev–Trinajstić information content (AvgIpc) is 3.17. The quantitative estimate of drug-likeness (QED) is 0.156. The summed E-state index contributed by atoms with van der Waals surface area (Å²) in [6.45, 7) is 3.94. The number of hydrogen-bond acceptors (Lipinski definition) is 8. The van der Waals surface area contributed by atoms with Crippen LogP contribution in [-0.4, -0.2) is 34.3 Å². The number of nitro groups is 1. The van der Waals surface area contributed by atoms with Crippen LogP contribution in [0.2, 0.25) is 0 Å². The van der Waals surface area contributed by atoms with Gasteiger partial charge < -0.3 is 14.8 Å². The van der Waals surface area contributed by atoms with E-state index in [1.165, 1.54) is 23.1 Å². The number of nitrogens with zero attached hydrogens (tertiary/aromatic N) is 2. The minimum Gasteiger partial charge on any atom is -0.490 e. The lowest BCUT2D eigenvalue weighted by Gasteiger charge is -2.14. The highest BCUT2D eigenvalue weighted by Crippen LogP contribution is 2.38. The van der Waals surface area contributed by atoms with Gasteiger partial charge in [0.2, 0.25) is 0 Å². The Morgan fingerprint density at radius 2 is 1.87 bits per heavy atom. The number of rotatable bonds is 9. The first-order valence-electron chi connectivity index (χ1n) is 11.5. The number of amides is 2. The Hall–Kier alpha value is -4.22. The van der Waals surface area contributed by atoms with E-state index in [1.807, 2.05) is 38.1 Å². The highest BCUT2D eigenvalue weighted by molar-refractivity contribution is 8.27. The Morgan fingerprint density at radius 3 is 2.58 bits per heavy atom. The van der Waals surface area contributed by atoms with Crippen molar-refractivity contribution < 1.29 is 24.0 Å². The van der Waals surface area contributed by atoms with Gasteiger partial charge in [0.15, 0.2) is 22.4 Å². The number of anilines is 2. The first-order valence-corrected chi connectivity index (χ1v) is 12.8. The number of hydrogen-bond donors (Lipinski definition) is 1. The van der Waals surface area contributed by atoms with Crippen LogP contribution in [0.5, 0.6) is 11.5 Å². The minimum absolute atomic E-state index is 0.134. The van der Waals surface area contributed by atoms with E-state index in [2.05, 4.69) is 5.32 Å². The van der Waals surface area contributed by atoms with E-state index in [4.69, 9.17) is 21.7 Å². The van der Waals surface area contributed by atoms with Gasteiger partial charge in [-0.25, -0.2) is 0 Å². The largest absolute Gasteiger partial charge is 0.490 e. The maximum Gasteiger partial charge on any atom is 0.271 e. The molecule has 1 N–H and O–H groups in total. The molecule has 1 heterocycles. The molecule has 4 rings (SSSR count). The van der Waals surface area contributed by atoms with Crippen molar-refractivity contribution >= 4 is 63.3 Å². The van der Waals surface area contributed by atoms with Crippen LogP contribution < -0.4 is 19.7 Å². The number of carbonyl (C=O) groups is 2. The Kier molecular flexibility index (Phi) is 8.39. The van der Waals surface area contributed by atoms with Gasteiger partial charge in [0.1, 0.15) is 0 Å². The van der Waals surface area contributed by atoms with Gasteiger partial charge in [0, 0.05) is 17.8 Å². The summed E-state index contributed by atoms with van der Waals surface area (Å²) >= 11 is 6.48. The zero-order chi connectivity index (χ0) is 27.2. The van der Waals surface area contributed by atoms with Crippen molar-refractivity contribution in [3.8, 4) is 11.5 Å². The van der Waals surface area contributed by atoms with Gasteiger partial charge in [-0.05, 0) is 55.8 Å². The van der Waals surface area contributed by atoms with Crippen molar-refractivity contribution in [1.29, 1.82) is 0 Å². The number of nitro benzene ring substituents is 1. The van der Waals surface area contributed by atoms with Gasteiger partial charge in [-0.2, -0.15) is 0 Å². The maximum absolute atomic E-state index is 13.1. The molecule has 0 radical (unpaired) electrons. The Labute approximate surface area is 228 Å². The third kappa shape index (κ3) is 6.36. The van der Waals surface area contributed by atoms with Crippen LogP contribution in [0, 0.1) is 17.0 Å². The molecule has 0 atom stereocenters. The van der Waals surface area contributed by atoms with Crippen molar-refractivity contribution in [2.24, 2.45) is 0 Å². The third-order valence-corrected chi connectivity index (χ3v) is 6.65. The number of carbonyl (C=O) groups excluding carboxylic acids is 2. The predicted molar refractivity (Wildman–Crippen MR) is 152 cm³/mol. The molecule has 11 heteroatoms. The molecule has 1 aliphatic heterocycles. The molecule has 194 valence electrons. The molecule has 2 amide bonds. The average molecular weight is 550 g/mol. The summed E-state index contributed by atoms with van der Waals surface area (Å²) in [4.78, 5) is 37.7. The predicted octanol–water partition coefficient (Wildman–Crippen LogP) is 5.73. The van der Waals surface area contributed by atoms with Crippen LogP contribution in [0.1, 0.15) is 18.1 Å². The van der Waals surface area contributed by atoms with Crippen LogP contribution in [0.15, 0.2) is 71.6 Å². The van der Waals surface area contributed by atoms with Gasteiger partial charge in [0.25, 0.3) is 17.5 Å². The lowest BCUT2D eigenvalue weighted by molar-refractivity contribution is -0.384. The number of nitrogens with one attached hydrogen (secondary N) is 1. The highest BCUT2D eigenvalue weighted by Gasteiger charge is 2.34. The highest BCUT2D eigenvalue weighted by atomic mass is 32.2. The van der Waals surface area contributed by atoms with E-state index >= 15 is 0 Å². The van der Waals surface area contributed by atoms with E-state index in [1.54, 1.807) is 30.3 Å². The number of benzene rings is 3. The fourth-order valence-electron chi connectivity index (χ4n) is 3.57. The third-order valence-electron chi connectivity index (χ3n) is 5.35. The van der Waals surface area contributed by atoms with Crippen LogP contribution in [0.4, 0.5) is 17.1 Å². The van der Waals surface area contributed by atoms with Gasteiger partial charge >= 0.3 is 0 Å². The topological polar surface area (TPSA) is 111 Å². The molecule has 1 saturated heterocycles. The lowest BCUT2D eigenvalue weighted by Crippen LogP contribution is -2.27. The van der Waals surface area contributed by atoms with Crippen LogP contribution >= 0.6 is 24.0 Å². The summed E-state index contributed by atoms with van der Waals surface area (Å²) in [6, 6.07) is 18.3. The second-order valence-electron chi connectivity index (χ2n) is 8.14. The summed E-state index contributed by atoms with van der Waals surface area (Å²) in [5.41, 5.74) is 2.61. The molecule has 0 spiro atoms. The Morgan fingerprint density at radius 1 is 1.11 bits per heavy atom. The monoisotopic (exact) mass is 549 g/mol. The molecule has 38 heavy (non-hydrogen) atoms. The van der Waals surface area contributed by atoms with Gasteiger partial charge in [0.05, 0.1) is 22.1 Å². The van der Waals surface area contributed by atoms with Gasteiger partial charge in [-0.3, -0.25) is 24.6 Å². The molecule has 0 aromatic heterocycles. The fraction of sp³-hybridized carbons (Fsp3) is 0.148. The fourth-order valence-corrected chi connectivity index (χ4v) is 4.87. The minimum atomic E-state index is -0.526. The summed E-state index contributed by atoms with van der Waals surface area (Å²) in [7, 11) is 0. The first kappa shape index (κ1) is 26.8. The molecule has 1 aliphatic rings. The standard InChI is InChI=1S/C27H23N3O6S2/c1-3-35-23-13-18(9-12-22(23)36-16-25(31)28-19-10-7-17(2)8-11-19)14-24-26(32)29(27(37)38-24)20-5-4-6-21(15-20)30(33)34/h4-15H,3,16H2,1-2H3,(H,28,31)/b24-14+. The van der Waals surface area contributed by atoms with Gasteiger partial charge in [-0.15, -0.1) is 0 Å². The summed E-state index contributed by atoms with van der Waals surface area (Å²) in [5.74, 6) is 0.0995. The van der Waals surface area contributed by atoms with E-state index in [9.17, 15) is 19.7 Å². The summed E-state index contributed by atoms with van der Waals surface area (Å²) < 4.78 is 11.7. The second kappa shape index (κ2) is 11.9. The lowest BCUT2D eigenvalue weighted by atomic mass is 10.1. The van der Waals surface area contributed by atoms with Crippen LogP contribution in [0.3, 0.4) is 0 Å². The van der Waals surface area contributed by atoms with Crippen molar-refractivity contribution in [2.45, 2.75) is 13.8 Å². The zero-order valence-corrected chi connectivity index (χ0v) is 22.1. The normalized spacial score (nSPS) is 14.1. The van der Waals surface area contributed by atoms with Crippen LogP contribution in [0.25, 0.3) is 6.08 Å². The van der Waals surface area contributed by atoms with E-state index in [0.29, 0.717) is 39.9 Å². The zero-order valence-electron chi connectivity index (χ0n) is 20.5. The molecule has 0 aliphatic carbocycles. The van der Waals surface area contributed by atoms with Crippen LogP contribution in [-0.2, 0) is 9.59 Å². The molecule has 1 fully saturated rings. The maximum atomic E-state index is 13.1. The molecular formula is C27H23N3O6S2. The van der Waals surface area contributed by atoms with Gasteiger partial charge in [-0.1, -0.05) is 53.8 Å². The molecule has 0 saturated carbocycles. The van der Waals surface area contributed by atoms with Crippen molar-refractivity contribution in [2.75, 3.05) is 23.4 Å². The van der Waals surface area contributed by atoms with E-state index in [0.717, 1.165) is 17.3 Å². The van der Waals surface area contributed by atoms with E-state index < -0.39 is 4.92 Å². The molecule has 3 aromatic rings. The Bertz CT molecular complexity index is 1440.